The maximum Gasteiger partial charge on any atom is 0.307 e. The number of hydrogen-bond acceptors (Lipinski definition) is 3. The molecular formula is C13H19N3O2. The molecule has 2 heterocycles. The van der Waals surface area contributed by atoms with Gasteiger partial charge in [-0.1, -0.05) is 0 Å². The Morgan fingerprint density at radius 3 is 3.06 bits per heavy atom. The van der Waals surface area contributed by atoms with Crippen molar-refractivity contribution < 1.29 is 9.90 Å². The summed E-state index contributed by atoms with van der Waals surface area (Å²) in [5, 5.41) is 16.5. The number of aliphatic carboxylic acids is 1. The van der Waals surface area contributed by atoms with Crippen LogP contribution in [0.25, 0.3) is 0 Å². The SMILES string of the molecule is O=C(O)C1CCCN(Cc2cc(C3CC3)n[nH]2)C1. The molecule has 1 saturated heterocycles. The number of rotatable bonds is 4. The van der Waals surface area contributed by atoms with Crippen molar-refractivity contribution in [1.82, 2.24) is 15.1 Å². The molecule has 1 aromatic heterocycles. The molecule has 3 rings (SSSR count). The fourth-order valence-electron chi connectivity index (χ4n) is 2.69. The van der Waals surface area contributed by atoms with Gasteiger partial charge in [0, 0.05) is 24.7 Å². The summed E-state index contributed by atoms with van der Waals surface area (Å²) >= 11 is 0. The lowest BCUT2D eigenvalue weighted by Crippen LogP contribution is -2.38. The van der Waals surface area contributed by atoms with E-state index in [0.29, 0.717) is 12.5 Å². The molecule has 5 nitrogen and oxygen atoms in total. The Bertz CT molecular complexity index is 439. The highest BCUT2D eigenvalue weighted by Gasteiger charge is 2.28. The van der Waals surface area contributed by atoms with E-state index < -0.39 is 5.97 Å². The summed E-state index contributed by atoms with van der Waals surface area (Å²) in [6.45, 7) is 2.44. The molecule has 0 aromatic carbocycles. The van der Waals surface area contributed by atoms with Crippen molar-refractivity contribution in [2.24, 2.45) is 5.92 Å². The number of carbonyl (C=O) groups is 1. The van der Waals surface area contributed by atoms with Crippen LogP contribution in [0.3, 0.4) is 0 Å². The van der Waals surface area contributed by atoms with Crippen LogP contribution >= 0.6 is 0 Å². The van der Waals surface area contributed by atoms with Gasteiger partial charge >= 0.3 is 5.97 Å². The molecular weight excluding hydrogens is 230 g/mol. The number of nitrogens with one attached hydrogen (secondary N) is 1. The number of aromatic amines is 1. The second kappa shape index (κ2) is 4.72. The minimum atomic E-state index is -0.664. The monoisotopic (exact) mass is 249 g/mol. The standard InChI is InChI=1S/C13H19N3O2/c17-13(18)10-2-1-5-16(7-10)8-11-6-12(15-14-11)9-3-4-9/h6,9-10H,1-5,7-8H2,(H,14,15)(H,17,18). The Kier molecular flexibility index (Phi) is 3.07. The predicted octanol–water partition coefficient (Wildman–Crippen LogP) is 1.58. The number of piperidine rings is 1. The number of carboxylic acids is 1. The van der Waals surface area contributed by atoms with Gasteiger partial charge in [0.1, 0.15) is 0 Å². The number of aromatic nitrogens is 2. The molecule has 18 heavy (non-hydrogen) atoms. The van der Waals surface area contributed by atoms with E-state index in [2.05, 4.69) is 21.2 Å². The molecule has 5 heteroatoms. The molecule has 98 valence electrons. The summed E-state index contributed by atoms with van der Waals surface area (Å²) < 4.78 is 0. The zero-order valence-corrected chi connectivity index (χ0v) is 10.4. The first-order valence-corrected chi connectivity index (χ1v) is 6.71. The van der Waals surface area contributed by atoms with Crippen molar-refractivity contribution in [3.63, 3.8) is 0 Å². The van der Waals surface area contributed by atoms with Crippen LogP contribution in [-0.4, -0.2) is 39.3 Å². The number of H-pyrrole nitrogens is 1. The zero-order chi connectivity index (χ0) is 12.5. The van der Waals surface area contributed by atoms with Gasteiger partial charge in [0.05, 0.1) is 11.6 Å². The quantitative estimate of drug-likeness (QED) is 0.850. The molecule has 2 N–H and O–H groups in total. The molecule has 1 aliphatic heterocycles. The highest BCUT2D eigenvalue weighted by Crippen LogP contribution is 2.39. The molecule has 0 spiro atoms. The van der Waals surface area contributed by atoms with Crippen molar-refractivity contribution in [3.8, 4) is 0 Å². The second-order valence-corrected chi connectivity index (χ2v) is 5.50. The minimum Gasteiger partial charge on any atom is -0.481 e. The lowest BCUT2D eigenvalue weighted by atomic mass is 9.98. The summed E-state index contributed by atoms with van der Waals surface area (Å²) in [5.74, 6) is -0.198. The zero-order valence-electron chi connectivity index (χ0n) is 10.4. The van der Waals surface area contributed by atoms with E-state index in [9.17, 15) is 4.79 Å². The van der Waals surface area contributed by atoms with Crippen molar-refractivity contribution in [2.45, 2.75) is 38.1 Å². The molecule has 0 bridgehead atoms. The molecule has 1 saturated carbocycles. The molecule has 1 aliphatic carbocycles. The van der Waals surface area contributed by atoms with Gasteiger partial charge in [-0.2, -0.15) is 5.10 Å². The van der Waals surface area contributed by atoms with Crippen LogP contribution in [0.5, 0.6) is 0 Å². The first kappa shape index (κ1) is 11.7. The van der Waals surface area contributed by atoms with Crippen LogP contribution in [-0.2, 0) is 11.3 Å². The molecule has 0 amide bonds. The third-order valence-electron chi connectivity index (χ3n) is 3.90. The third-order valence-corrected chi connectivity index (χ3v) is 3.90. The molecule has 1 unspecified atom stereocenters. The highest BCUT2D eigenvalue weighted by molar-refractivity contribution is 5.70. The van der Waals surface area contributed by atoms with E-state index in [-0.39, 0.29) is 5.92 Å². The van der Waals surface area contributed by atoms with E-state index in [1.807, 2.05) is 0 Å². The Labute approximate surface area is 106 Å². The Hall–Kier alpha value is -1.36. The van der Waals surface area contributed by atoms with Crippen molar-refractivity contribution in [3.05, 3.63) is 17.5 Å². The van der Waals surface area contributed by atoms with Crippen molar-refractivity contribution in [1.29, 1.82) is 0 Å². The van der Waals surface area contributed by atoms with Gasteiger partial charge in [-0.3, -0.25) is 14.8 Å². The average molecular weight is 249 g/mol. The summed E-state index contributed by atoms with van der Waals surface area (Å²) in [4.78, 5) is 13.2. The summed E-state index contributed by atoms with van der Waals surface area (Å²) in [6.07, 6.45) is 4.30. The summed E-state index contributed by atoms with van der Waals surface area (Å²) in [5.41, 5.74) is 2.29. The molecule has 1 atom stereocenters. The molecule has 2 aliphatic rings. The smallest absolute Gasteiger partial charge is 0.307 e. The van der Waals surface area contributed by atoms with Gasteiger partial charge < -0.3 is 5.11 Å². The fraction of sp³-hybridized carbons (Fsp3) is 0.692. The van der Waals surface area contributed by atoms with Gasteiger partial charge in [-0.05, 0) is 38.3 Å². The van der Waals surface area contributed by atoms with Gasteiger partial charge in [-0.25, -0.2) is 0 Å². The van der Waals surface area contributed by atoms with E-state index in [1.165, 1.54) is 18.5 Å². The Morgan fingerprint density at radius 2 is 2.33 bits per heavy atom. The largest absolute Gasteiger partial charge is 0.481 e. The van der Waals surface area contributed by atoms with E-state index >= 15 is 0 Å². The second-order valence-electron chi connectivity index (χ2n) is 5.50. The molecule has 2 fully saturated rings. The van der Waals surface area contributed by atoms with Crippen LogP contribution in [0.4, 0.5) is 0 Å². The average Bonchev–Trinajstić information content (AvgIpc) is 3.11. The van der Waals surface area contributed by atoms with Crippen LogP contribution in [0, 0.1) is 5.92 Å². The van der Waals surface area contributed by atoms with Crippen LogP contribution < -0.4 is 0 Å². The number of hydrogen-bond donors (Lipinski definition) is 2. The third kappa shape index (κ3) is 2.56. The van der Waals surface area contributed by atoms with Gasteiger partial charge in [0.15, 0.2) is 0 Å². The fourth-order valence-corrected chi connectivity index (χ4v) is 2.69. The first-order chi connectivity index (χ1) is 8.72. The summed E-state index contributed by atoms with van der Waals surface area (Å²) in [6, 6.07) is 2.14. The van der Waals surface area contributed by atoms with E-state index in [4.69, 9.17) is 5.11 Å². The van der Waals surface area contributed by atoms with Crippen molar-refractivity contribution >= 4 is 5.97 Å². The maximum atomic E-state index is 11.0. The topological polar surface area (TPSA) is 69.2 Å². The Balaban J connectivity index is 1.59. The summed E-state index contributed by atoms with van der Waals surface area (Å²) in [7, 11) is 0. The van der Waals surface area contributed by atoms with E-state index in [1.54, 1.807) is 0 Å². The van der Waals surface area contributed by atoms with Gasteiger partial charge in [-0.15, -0.1) is 0 Å². The number of likely N-dealkylation sites (tertiary alicyclic amines) is 1. The van der Waals surface area contributed by atoms with Gasteiger partial charge in [0.25, 0.3) is 0 Å². The maximum absolute atomic E-state index is 11.0. The van der Waals surface area contributed by atoms with Crippen LogP contribution in [0.2, 0.25) is 0 Å². The first-order valence-electron chi connectivity index (χ1n) is 6.71. The predicted molar refractivity (Wildman–Crippen MR) is 66.2 cm³/mol. The lowest BCUT2D eigenvalue weighted by Gasteiger charge is -2.29. The number of carboxylic acid groups (broad SMARTS) is 1. The Morgan fingerprint density at radius 1 is 1.50 bits per heavy atom. The number of nitrogens with zero attached hydrogens (tertiary/aromatic N) is 2. The van der Waals surface area contributed by atoms with E-state index in [0.717, 1.165) is 31.6 Å². The van der Waals surface area contributed by atoms with Gasteiger partial charge in [0.2, 0.25) is 0 Å². The molecule has 0 radical (unpaired) electrons. The highest BCUT2D eigenvalue weighted by atomic mass is 16.4. The van der Waals surface area contributed by atoms with Crippen LogP contribution in [0.15, 0.2) is 6.07 Å². The van der Waals surface area contributed by atoms with Crippen LogP contribution in [0.1, 0.15) is 43.0 Å². The normalized spacial score (nSPS) is 25.2. The minimum absolute atomic E-state index is 0.204. The molecule has 1 aromatic rings. The lowest BCUT2D eigenvalue weighted by molar-refractivity contribution is -0.143. The van der Waals surface area contributed by atoms with Crippen molar-refractivity contribution in [2.75, 3.05) is 13.1 Å².